The van der Waals surface area contributed by atoms with Gasteiger partial charge in [0.05, 0.1) is 22.9 Å². The third-order valence-corrected chi connectivity index (χ3v) is 10.6. The summed E-state index contributed by atoms with van der Waals surface area (Å²) < 4.78 is 23.2. The van der Waals surface area contributed by atoms with Crippen LogP contribution in [0, 0.1) is 11.8 Å². The maximum absolute atomic E-state index is 13.4. The number of nitrogens with zero attached hydrogens (tertiary/aromatic N) is 1. The molecule has 2 amide bonds. The van der Waals surface area contributed by atoms with E-state index in [1.807, 2.05) is 51.1 Å². The number of piperidine rings is 1. The molecule has 39 heavy (non-hydrogen) atoms. The van der Waals surface area contributed by atoms with Gasteiger partial charge in [0.15, 0.2) is 9.84 Å². The molecule has 5 unspecified atom stereocenters. The molecule has 3 rings (SSSR count). The molecule has 2 aliphatic rings. The summed E-state index contributed by atoms with van der Waals surface area (Å²) in [7, 11) is -3.45. The molecular formula is C30H49N3O5S. The molecule has 1 aromatic carbocycles. The maximum atomic E-state index is 13.4. The van der Waals surface area contributed by atoms with Crippen molar-refractivity contribution >= 4 is 21.7 Å². The van der Waals surface area contributed by atoms with E-state index in [1.54, 1.807) is 0 Å². The SMILES string of the molecule is CC(C)(C)NC(=O)C1CC2CCCCC2CN1CC(O)C(Cc1ccccc1)NC(=O)CC(C)(C)S(C)(=O)=O. The number of likely N-dealkylation sites (tertiary alicyclic amines) is 1. The van der Waals surface area contributed by atoms with E-state index < -0.39 is 32.6 Å². The molecule has 1 heterocycles. The van der Waals surface area contributed by atoms with Crippen molar-refractivity contribution in [3.05, 3.63) is 35.9 Å². The molecule has 8 nitrogen and oxygen atoms in total. The van der Waals surface area contributed by atoms with Gasteiger partial charge in [0.1, 0.15) is 0 Å². The van der Waals surface area contributed by atoms with Crippen molar-refractivity contribution in [2.75, 3.05) is 19.3 Å². The lowest BCUT2D eigenvalue weighted by Crippen LogP contribution is -2.60. The number of rotatable bonds is 10. The highest BCUT2D eigenvalue weighted by Gasteiger charge is 2.42. The summed E-state index contributed by atoms with van der Waals surface area (Å²) >= 11 is 0. The predicted molar refractivity (Wildman–Crippen MR) is 155 cm³/mol. The van der Waals surface area contributed by atoms with E-state index in [9.17, 15) is 23.1 Å². The normalized spacial score (nSPS) is 24.3. The quantitative estimate of drug-likeness (QED) is 0.403. The number of aliphatic hydroxyl groups is 1. The van der Waals surface area contributed by atoms with Crippen LogP contribution < -0.4 is 10.6 Å². The van der Waals surface area contributed by atoms with Crippen LogP contribution in [0.3, 0.4) is 0 Å². The Hall–Kier alpha value is -1.97. The Bertz CT molecular complexity index is 1080. The van der Waals surface area contributed by atoms with E-state index in [0.29, 0.717) is 18.3 Å². The summed E-state index contributed by atoms with van der Waals surface area (Å²) in [5.74, 6) is 0.582. The highest BCUT2D eigenvalue weighted by Crippen LogP contribution is 2.39. The molecule has 1 saturated heterocycles. The largest absolute Gasteiger partial charge is 0.390 e. The molecular weight excluding hydrogens is 514 g/mol. The Kier molecular flexibility index (Phi) is 10.3. The Balaban J connectivity index is 1.81. The van der Waals surface area contributed by atoms with Gasteiger partial charge in [-0.15, -0.1) is 0 Å². The number of hydrogen-bond acceptors (Lipinski definition) is 6. The van der Waals surface area contributed by atoms with Gasteiger partial charge in [0.2, 0.25) is 11.8 Å². The molecule has 0 spiro atoms. The van der Waals surface area contributed by atoms with Gasteiger partial charge in [-0.1, -0.05) is 49.6 Å². The highest BCUT2D eigenvalue weighted by atomic mass is 32.2. The Morgan fingerprint density at radius 1 is 1.05 bits per heavy atom. The van der Waals surface area contributed by atoms with Crippen LogP contribution >= 0.6 is 0 Å². The number of carbonyl (C=O) groups is 2. The van der Waals surface area contributed by atoms with Gasteiger partial charge in [0, 0.05) is 31.3 Å². The molecule has 5 atom stereocenters. The first kappa shape index (κ1) is 31.6. The molecule has 3 N–H and O–H groups in total. The first-order valence-electron chi connectivity index (χ1n) is 14.3. The van der Waals surface area contributed by atoms with Crippen molar-refractivity contribution in [1.29, 1.82) is 0 Å². The van der Waals surface area contributed by atoms with Crippen LogP contribution in [0.15, 0.2) is 30.3 Å². The van der Waals surface area contributed by atoms with E-state index in [4.69, 9.17) is 0 Å². The van der Waals surface area contributed by atoms with Gasteiger partial charge in [-0.05, 0) is 71.3 Å². The molecule has 220 valence electrons. The average Bonchev–Trinajstić information content (AvgIpc) is 2.81. The lowest BCUT2D eigenvalue weighted by Gasteiger charge is -2.47. The Labute approximate surface area is 235 Å². The first-order valence-corrected chi connectivity index (χ1v) is 16.2. The van der Waals surface area contributed by atoms with Gasteiger partial charge in [-0.3, -0.25) is 14.5 Å². The summed E-state index contributed by atoms with van der Waals surface area (Å²) in [5, 5.41) is 17.6. The number of benzene rings is 1. The number of fused-ring (bicyclic) bond motifs is 1. The second kappa shape index (κ2) is 12.7. The number of sulfone groups is 1. The lowest BCUT2D eigenvalue weighted by atomic mass is 9.72. The molecule has 0 bridgehead atoms. The van der Waals surface area contributed by atoms with Gasteiger partial charge >= 0.3 is 0 Å². The van der Waals surface area contributed by atoms with Crippen molar-refractivity contribution in [1.82, 2.24) is 15.5 Å². The van der Waals surface area contributed by atoms with Crippen LogP contribution in [-0.2, 0) is 25.8 Å². The van der Waals surface area contributed by atoms with Gasteiger partial charge < -0.3 is 15.7 Å². The second-order valence-corrected chi connectivity index (χ2v) is 16.0. The fraction of sp³-hybridized carbons (Fsp3) is 0.733. The summed E-state index contributed by atoms with van der Waals surface area (Å²) in [6, 6.07) is 8.65. The summed E-state index contributed by atoms with van der Waals surface area (Å²) in [6.45, 7) is 9.99. The average molecular weight is 564 g/mol. The third kappa shape index (κ3) is 9.02. The van der Waals surface area contributed by atoms with E-state index in [0.717, 1.165) is 37.6 Å². The molecule has 2 fully saturated rings. The third-order valence-electron chi connectivity index (χ3n) is 8.42. The Morgan fingerprint density at radius 3 is 2.26 bits per heavy atom. The van der Waals surface area contributed by atoms with E-state index in [-0.39, 0.29) is 30.5 Å². The number of β-amino-alcohol motifs (C(OH)–C–C–N with tert-alkyl or cyclic N) is 1. The molecule has 1 saturated carbocycles. The molecule has 1 aliphatic carbocycles. The number of hydrogen-bond donors (Lipinski definition) is 3. The van der Waals surface area contributed by atoms with E-state index in [2.05, 4.69) is 15.5 Å². The summed E-state index contributed by atoms with van der Waals surface area (Å²) in [5.41, 5.74) is 0.596. The van der Waals surface area contributed by atoms with Crippen molar-refractivity contribution in [2.24, 2.45) is 11.8 Å². The highest BCUT2D eigenvalue weighted by molar-refractivity contribution is 7.92. The molecule has 9 heteroatoms. The number of amides is 2. The number of carbonyl (C=O) groups excluding carboxylic acids is 2. The minimum absolute atomic E-state index is 0.0164. The standard InChI is InChI=1S/C30H49N3O5S/c1-29(2,3)32-28(36)25-17-22-14-10-11-15-23(22)19-33(25)20-26(34)24(16-21-12-8-7-9-13-21)31-27(35)18-30(4,5)39(6,37)38/h7-9,12-13,22-26,34H,10-11,14-20H2,1-6H3,(H,31,35)(H,32,36). The zero-order valence-corrected chi connectivity index (χ0v) is 25.4. The monoisotopic (exact) mass is 563 g/mol. The van der Waals surface area contributed by atoms with Gasteiger partial charge in [-0.2, -0.15) is 0 Å². The maximum Gasteiger partial charge on any atom is 0.237 e. The van der Waals surface area contributed by atoms with Crippen LogP contribution in [0.1, 0.15) is 78.7 Å². The minimum atomic E-state index is -3.45. The van der Waals surface area contributed by atoms with Crippen LogP contribution in [-0.4, -0.2) is 78.1 Å². The Morgan fingerprint density at radius 2 is 1.67 bits per heavy atom. The van der Waals surface area contributed by atoms with Crippen LogP contribution in [0.4, 0.5) is 0 Å². The predicted octanol–water partition coefficient (Wildman–Crippen LogP) is 3.08. The van der Waals surface area contributed by atoms with Crippen LogP contribution in [0.5, 0.6) is 0 Å². The summed E-state index contributed by atoms with van der Waals surface area (Å²) in [6.07, 6.45) is 5.83. The van der Waals surface area contributed by atoms with Crippen molar-refractivity contribution in [3.8, 4) is 0 Å². The van der Waals surface area contributed by atoms with Gasteiger partial charge in [0.25, 0.3) is 0 Å². The fourth-order valence-corrected chi connectivity index (χ4v) is 6.31. The van der Waals surface area contributed by atoms with Crippen LogP contribution in [0.25, 0.3) is 0 Å². The molecule has 0 radical (unpaired) electrons. The molecule has 0 aromatic heterocycles. The van der Waals surface area contributed by atoms with Gasteiger partial charge in [-0.25, -0.2) is 8.42 Å². The van der Waals surface area contributed by atoms with E-state index >= 15 is 0 Å². The zero-order valence-electron chi connectivity index (χ0n) is 24.6. The number of nitrogens with one attached hydrogen (secondary N) is 2. The smallest absolute Gasteiger partial charge is 0.237 e. The molecule has 1 aliphatic heterocycles. The van der Waals surface area contributed by atoms with Crippen molar-refractivity contribution in [2.45, 2.75) is 108 Å². The van der Waals surface area contributed by atoms with Crippen molar-refractivity contribution in [3.63, 3.8) is 0 Å². The number of aliphatic hydroxyl groups excluding tert-OH is 1. The topological polar surface area (TPSA) is 116 Å². The molecule has 1 aromatic rings. The lowest BCUT2D eigenvalue weighted by molar-refractivity contribution is -0.133. The first-order chi connectivity index (χ1) is 18.1. The minimum Gasteiger partial charge on any atom is -0.390 e. The zero-order chi connectivity index (χ0) is 29.0. The van der Waals surface area contributed by atoms with Crippen molar-refractivity contribution < 1.29 is 23.1 Å². The second-order valence-electron chi connectivity index (χ2n) is 13.4. The van der Waals surface area contributed by atoms with E-state index in [1.165, 1.54) is 26.7 Å². The van der Waals surface area contributed by atoms with Crippen LogP contribution in [0.2, 0.25) is 0 Å². The fourth-order valence-electron chi connectivity index (χ4n) is 5.92. The summed E-state index contributed by atoms with van der Waals surface area (Å²) in [4.78, 5) is 28.6.